The van der Waals surface area contributed by atoms with E-state index in [0.717, 1.165) is 9.85 Å². The Bertz CT molecular complexity index is 988. The van der Waals surface area contributed by atoms with E-state index in [2.05, 4.69) is 31.0 Å². The first-order valence-electron chi connectivity index (χ1n) is 8.35. The molecular weight excluding hydrogens is 495 g/mol. The summed E-state index contributed by atoms with van der Waals surface area (Å²) in [6.07, 6.45) is 1.96. The lowest BCUT2D eigenvalue weighted by Crippen LogP contribution is -2.54. The Hall–Kier alpha value is -1.11. The zero-order valence-corrected chi connectivity index (χ0v) is 18.6. The highest BCUT2D eigenvalue weighted by molar-refractivity contribution is 9.11. The standard InChI is InChI=1S/C16H17BrClFN4O3S2/c1-2-23-10(7-15(24)21-9-3-4-12(19)11(18)5-9)6-13(22-28(23,25)26)16-20-8-14(17)27-16/h3-5,8,10,13,22H,2,6-7H2,1H3,(H,21,24)/t10-,13+/m1/s1. The number of carbonyl (C=O) groups is 1. The van der Waals surface area contributed by atoms with Gasteiger partial charge in [-0.05, 0) is 40.5 Å². The third-order valence-electron chi connectivity index (χ3n) is 4.24. The number of rotatable bonds is 5. The molecule has 7 nitrogen and oxygen atoms in total. The molecule has 12 heteroatoms. The first kappa shape index (κ1) is 21.6. The van der Waals surface area contributed by atoms with Crippen molar-refractivity contribution in [3.05, 3.63) is 44.0 Å². The number of anilines is 1. The molecule has 0 unspecified atom stereocenters. The molecule has 1 fully saturated rings. The van der Waals surface area contributed by atoms with Gasteiger partial charge in [-0.1, -0.05) is 18.5 Å². The van der Waals surface area contributed by atoms with Gasteiger partial charge in [0.15, 0.2) is 0 Å². The van der Waals surface area contributed by atoms with Crippen molar-refractivity contribution >= 4 is 60.7 Å². The topological polar surface area (TPSA) is 91.4 Å². The van der Waals surface area contributed by atoms with E-state index in [4.69, 9.17) is 11.6 Å². The van der Waals surface area contributed by atoms with Gasteiger partial charge in [-0.25, -0.2) is 9.37 Å². The Labute approximate surface area is 179 Å². The third-order valence-corrected chi connectivity index (χ3v) is 7.88. The van der Waals surface area contributed by atoms with Gasteiger partial charge >= 0.3 is 0 Å². The number of amides is 1. The van der Waals surface area contributed by atoms with E-state index in [1.807, 2.05) is 0 Å². The largest absolute Gasteiger partial charge is 0.326 e. The lowest BCUT2D eigenvalue weighted by atomic mass is 10.0. The first-order valence-corrected chi connectivity index (χ1v) is 11.8. The summed E-state index contributed by atoms with van der Waals surface area (Å²) in [7, 11) is -3.76. The molecule has 0 bridgehead atoms. The van der Waals surface area contributed by atoms with Crippen LogP contribution in [0.1, 0.15) is 30.8 Å². The van der Waals surface area contributed by atoms with Gasteiger partial charge in [-0.2, -0.15) is 17.4 Å². The maximum Gasteiger partial charge on any atom is 0.280 e. The molecule has 3 rings (SSSR count). The van der Waals surface area contributed by atoms with Crippen molar-refractivity contribution in [1.29, 1.82) is 0 Å². The van der Waals surface area contributed by atoms with Crippen LogP contribution >= 0.6 is 38.9 Å². The average Bonchev–Trinajstić information content (AvgIpc) is 3.03. The van der Waals surface area contributed by atoms with Crippen LogP contribution in [-0.4, -0.2) is 36.2 Å². The number of benzene rings is 1. The van der Waals surface area contributed by atoms with Gasteiger partial charge in [0.25, 0.3) is 10.2 Å². The van der Waals surface area contributed by atoms with Crippen LogP contribution in [-0.2, 0) is 15.0 Å². The van der Waals surface area contributed by atoms with E-state index in [1.165, 1.54) is 27.8 Å². The molecule has 0 saturated carbocycles. The Balaban J connectivity index is 1.76. The van der Waals surface area contributed by atoms with Crippen LogP contribution in [0.3, 0.4) is 0 Å². The number of nitrogens with one attached hydrogen (secondary N) is 2. The van der Waals surface area contributed by atoms with Crippen molar-refractivity contribution in [3.8, 4) is 0 Å². The second-order valence-corrected chi connectivity index (χ2v) is 10.7. The highest BCUT2D eigenvalue weighted by Crippen LogP contribution is 2.33. The fourth-order valence-corrected chi connectivity index (χ4v) is 6.23. The van der Waals surface area contributed by atoms with Crippen LogP contribution in [0.15, 0.2) is 28.2 Å². The Kier molecular flexibility index (Phi) is 6.72. The first-order chi connectivity index (χ1) is 13.2. The monoisotopic (exact) mass is 510 g/mol. The SMILES string of the molecule is CCN1[C@@H](CC(=O)Nc2ccc(F)c(Cl)c2)C[C@@H](c2ncc(Br)s2)NS1(=O)=O. The van der Waals surface area contributed by atoms with Gasteiger partial charge in [0, 0.05) is 24.7 Å². The number of hydrogen-bond acceptors (Lipinski definition) is 5. The molecule has 2 heterocycles. The molecule has 1 aliphatic rings. The number of hydrogen-bond donors (Lipinski definition) is 2. The average molecular weight is 512 g/mol. The predicted octanol–water partition coefficient (Wildman–Crippen LogP) is 3.70. The Morgan fingerprint density at radius 2 is 2.29 bits per heavy atom. The summed E-state index contributed by atoms with van der Waals surface area (Å²) in [6.45, 7) is 1.94. The highest BCUT2D eigenvalue weighted by Gasteiger charge is 2.40. The summed E-state index contributed by atoms with van der Waals surface area (Å²) in [5.41, 5.74) is 0.344. The number of thiazole rings is 1. The van der Waals surface area contributed by atoms with Crippen molar-refractivity contribution < 1.29 is 17.6 Å². The van der Waals surface area contributed by atoms with Gasteiger partial charge < -0.3 is 5.32 Å². The molecule has 0 spiro atoms. The fourth-order valence-electron chi connectivity index (χ4n) is 3.07. The maximum atomic E-state index is 13.3. The zero-order valence-electron chi connectivity index (χ0n) is 14.7. The zero-order chi connectivity index (χ0) is 20.5. The molecule has 2 aromatic rings. The van der Waals surface area contributed by atoms with Gasteiger partial charge in [0.2, 0.25) is 5.91 Å². The van der Waals surface area contributed by atoms with Crippen LogP contribution in [0.25, 0.3) is 0 Å². The number of aromatic nitrogens is 1. The molecule has 152 valence electrons. The highest BCUT2D eigenvalue weighted by atomic mass is 79.9. The van der Waals surface area contributed by atoms with Crippen LogP contribution in [0.4, 0.5) is 10.1 Å². The van der Waals surface area contributed by atoms with Crippen molar-refractivity contribution in [2.75, 3.05) is 11.9 Å². The van der Waals surface area contributed by atoms with Gasteiger partial charge in [-0.15, -0.1) is 11.3 Å². The van der Waals surface area contributed by atoms with E-state index in [1.54, 1.807) is 13.1 Å². The second-order valence-electron chi connectivity index (χ2n) is 6.15. The quantitative estimate of drug-likeness (QED) is 0.640. The minimum Gasteiger partial charge on any atom is -0.326 e. The molecule has 1 aromatic heterocycles. The van der Waals surface area contributed by atoms with E-state index in [9.17, 15) is 17.6 Å². The van der Waals surface area contributed by atoms with E-state index >= 15 is 0 Å². The molecule has 0 radical (unpaired) electrons. The molecule has 1 saturated heterocycles. The van der Waals surface area contributed by atoms with Gasteiger partial charge in [0.1, 0.15) is 10.8 Å². The van der Waals surface area contributed by atoms with E-state index in [0.29, 0.717) is 17.1 Å². The second kappa shape index (κ2) is 8.72. The molecule has 1 amide bonds. The summed E-state index contributed by atoms with van der Waals surface area (Å²) in [5.74, 6) is -0.971. The van der Waals surface area contributed by atoms with Crippen molar-refractivity contribution in [1.82, 2.24) is 14.0 Å². The predicted molar refractivity (Wildman–Crippen MR) is 110 cm³/mol. The Morgan fingerprint density at radius 1 is 1.54 bits per heavy atom. The summed E-state index contributed by atoms with van der Waals surface area (Å²) in [5, 5.41) is 3.16. The van der Waals surface area contributed by atoms with Crippen LogP contribution in [0.2, 0.25) is 5.02 Å². The lowest BCUT2D eigenvalue weighted by Gasteiger charge is -2.37. The molecule has 2 N–H and O–H groups in total. The van der Waals surface area contributed by atoms with Crippen molar-refractivity contribution in [3.63, 3.8) is 0 Å². The van der Waals surface area contributed by atoms with E-state index in [-0.39, 0.29) is 23.9 Å². The molecular formula is C16H17BrClFN4O3S2. The van der Waals surface area contributed by atoms with Gasteiger partial charge in [-0.3, -0.25) is 4.79 Å². The maximum absolute atomic E-state index is 13.3. The fraction of sp³-hybridized carbons (Fsp3) is 0.375. The van der Waals surface area contributed by atoms with Crippen LogP contribution in [0, 0.1) is 5.82 Å². The molecule has 28 heavy (non-hydrogen) atoms. The van der Waals surface area contributed by atoms with Crippen molar-refractivity contribution in [2.24, 2.45) is 0 Å². The molecule has 2 atom stereocenters. The smallest absolute Gasteiger partial charge is 0.280 e. The molecule has 0 aliphatic carbocycles. The molecule has 1 aromatic carbocycles. The van der Waals surface area contributed by atoms with Crippen molar-refractivity contribution in [2.45, 2.75) is 31.8 Å². The minimum atomic E-state index is -3.76. The van der Waals surface area contributed by atoms with Crippen LogP contribution < -0.4 is 10.0 Å². The summed E-state index contributed by atoms with van der Waals surface area (Å²) in [4.78, 5) is 16.7. The summed E-state index contributed by atoms with van der Waals surface area (Å²) in [6, 6.07) is 2.80. The lowest BCUT2D eigenvalue weighted by molar-refractivity contribution is -0.117. The number of halogens is 3. The minimum absolute atomic E-state index is 0.0488. The molecule has 1 aliphatic heterocycles. The number of nitrogens with zero attached hydrogens (tertiary/aromatic N) is 2. The van der Waals surface area contributed by atoms with Crippen LogP contribution in [0.5, 0.6) is 0 Å². The summed E-state index contributed by atoms with van der Waals surface area (Å²) >= 11 is 10.4. The normalized spacial score (nSPS) is 22.1. The van der Waals surface area contributed by atoms with E-state index < -0.39 is 28.1 Å². The Morgan fingerprint density at radius 3 is 2.89 bits per heavy atom. The number of carbonyl (C=O) groups excluding carboxylic acids is 1. The van der Waals surface area contributed by atoms with Gasteiger partial charge in [0.05, 0.1) is 21.0 Å². The summed E-state index contributed by atoms with van der Waals surface area (Å²) < 4.78 is 43.2. The third kappa shape index (κ3) is 4.89.